The predicted octanol–water partition coefficient (Wildman–Crippen LogP) is 0.771. The largest absolute Gasteiger partial charge is 0.387 e. The van der Waals surface area contributed by atoms with Gasteiger partial charge in [-0.1, -0.05) is 24.3 Å². The van der Waals surface area contributed by atoms with Crippen LogP contribution in [0.4, 0.5) is 0 Å². The summed E-state index contributed by atoms with van der Waals surface area (Å²) in [6.07, 6.45) is -0.811. The van der Waals surface area contributed by atoms with Gasteiger partial charge in [0.25, 0.3) is 0 Å². The second kappa shape index (κ2) is 6.22. The lowest BCUT2D eigenvalue weighted by Crippen LogP contribution is -2.32. The molecule has 0 spiro atoms. The molecule has 3 atom stereocenters. The van der Waals surface area contributed by atoms with Gasteiger partial charge in [-0.25, -0.2) is 8.42 Å². The Bertz CT molecular complexity index is 541. The van der Waals surface area contributed by atoms with Gasteiger partial charge in [-0.2, -0.15) is 0 Å². The monoisotopic (exact) mass is 299 g/mol. The van der Waals surface area contributed by atoms with Crippen molar-refractivity contribution in [1.29, 1.82) is 0 Å². The number of aliphatic hydroxyl groups is 1. The van der Waals surface area contributed by atoms with Crippen molar-refractivity contribution in [2.45, 2.75) is 37.3 Å². The Balaban J connectivity index is 2.07. The summed E-state index contributed by atoms with van der Waals surface area (Å²) in [5, 5.41) is 9.60. The number of aliphatic hydroxyl groups excluding tert-OH is 1. The van der Waals surface area contributed by atoms with Crippen LogP contribution in [-0.4, -0.2) is 37.2 Å². The van der Waals surface area contributed by atoms with Crippen molar-refractivity contribution in [3.8, 4) is 0 Å². The van der Waals surface area contributed by atoms with Gasteiger partial charge in [0.2, 0.25) is 0 Å². The number of hydrogen-bond donors (Lipinski definition) is 2. The Labute approximate surface area is 119 Å². The quantitative estimate of drug-likeness (QED) is 0.838. The van der Waals surface area contributed by atoms with Crippen molar-refractivity contribution in [2.24, 2.45) is 5.73 Å². The van der Waals surface area contributed by atoms with Crippen LogP contribution in [0.3, 0.4) is 0 Å². The van der Waals surface area contributed by atoms with Crippen LogP contribution in [0.5, 0.6) is 0 Å². The first kappa shape index (κ1) is 15.4. The number of nitrogens with two attached hydrogens (primary N) is 1. The molecular formula is C14H21NO4S. The highest BCUT2D eigenvalue weighted by molar-refractivity contribution is 7.92. The summed E-state index contributed by atoms with van der Waals surface area (Å²) in [4.78, 5) is 0. The minimum atomic E-state index is -3.37. The third-order valence-electron chi connectivity index (χ3n) is 3.76. The van der Waals surface area contributed by atoms with E-state index in [0.717, 1.165) is 5.56 Å². The molecule has 1 saturated heterocycles. The Hall–Kier alpha value is -0.950. The molecule has 112 valence electrons. The lowest BCUT2D eigenvalue weighted by atomic mass is 10.1. The normalized spacial score (nSPS) is 24.8. The first-order valence-electron chi connectivity index (χ1n) is 6.74. The van der Waals surface area contributed by atoms with E-state index in [1.165, 1.54) is 0 Å². The minimum Gasteiger partial charge on any atom is -0.387 e. The summed E-state index contributed by atoms with van der Waals surface area (Å²) in [5.41, 5.74) is 7.04. The Morgan fingerprint density at radius 1 is 1.40 bits per heavy atom. The Kier molecular flexibility index (Phi) is 4.80. The third-order valence-corrected chi connectivity index (χ3v) is 6.08. The van der Waals surface area contributed by atoms with Gasteiger partial charge in [-0.15, -0.1) is 0 Å². The van der Waals surface area contributed by atoms with E-state index in [-0.39, 0.29) is 11.9 Å². The van der Waals surface area contributed by atoms with Gasteiger partial charge in [-0.05, 0) is 24.5 Å². The molecule has 6 heteroatoms. The zero-order chi connectivity index (χ0) is 14.8. The maximum atomic E-state index is 12.3. The van der Waals surface area contributed by atoms with Gasteiger partial charge in [0.1, 0.15) is 0 Å². The van der Waals surface area contributed by atoms with Crippen LogP contribution < -0.4 is 5.73 Å². The average molecular weight is 299 g/mol. The van der Waals surface area contributed by atoms with E-state index in [1.54, 1.807) is 31.2 Å². The molecule has 20 heavy (non-hydrogen) atoms. The highest BCUT2D eigenvalue weighted by Gasteiger charge is 2.36. The lowest BCUT2D eigenvalue weighted by molar-refractivity contribution is 0.126. The number of hydrogen-bond acceptors (Lipinski definition) is 5. The van der Waals surface area contributed by atoms with Gasteiger partial charge in [0, 0.05) is 13.2 Å². The molecule has 0 radical (unpaired) electrons. The molecule has 1 aliphatic rings. The fourth-order valence-electron chi connectivity index (χ4n) is 2.50. The van der Waals surface area contributed by atoms with Crippen molar-refractivity contribution >= 4 is 9.84 Å². The Morgan fingerprint density at radius 2 is 2.05 bits per heavy atom. The molecule has 1 heterocycles. The second-order valence-electron chi connectivity index (χ2n) is 5.19. The molecule has 3 unspecified atom stereocenters. The predicted molar refractivity (Wildman–Crippen MR) is 76.9 cm³/mol. The molecule has 0 aliphatic carbocycles. The van der Waals surface area contributed by atoms with E-state index >= 15 is 0 Å². The van der Waals surface area contributed by atoms with Crippen LogP contribution >= 0.6 is 0 Å². The summed E-state index contributed by atoms with van der Waals surface area (Å²) in [6.45, 7) is 2.65. The van der Waals surface area contributed by atoms with Crippen LogP contribution in [0.2, 0.25) is 0 Å². The van der Waals surface area contributed by atoms with Crippen LogP contribution in [0.15, 0.2) is 24.3 Å². The molecule has 1 aromatic rings. The topological polar surface area (TPSA) is 89.6 Å². The van der Waals surface area contributed by atoms with E-state index in [1.807, 2.05) is 0 Å². The smallest absolute Gasteiger partial charge is 0.158 e. The van der Waals surface area contributed by atoms with Crippen molar-refractivity contribution in [2.75, 3.05) is 12.4 Å². The van der Waals surface area contributed by atoms with Crippen LogP contribution in [0.1, 0.15) is 30.6 Å². The summed E-state index contributed by atoms with van der Waals surface area (Å²) in [5.74, 6) is -0.270. The highest BCUT2D eigenvalue weighted by atomic mass is 32.2. The summed E-state index contributed by atoms with van der Waals surface area (Å²) >= 11 is 0. The molecule has 0 saturated carbocycles. The molecule has 1 aromatic carbocycles. The zero-order valence-corrected chi connectivity index (χ0v) is 12.3. The molecule has 0 aromatic heterocycles. The second-order valence-corrected chi connectivity index (χ2v) is 7.46. The van der Waals surface area contributed by atoms with Crippen molar-refractivity contribution in [1.82, 2.24) is 0 Å². The van der Waals surface area contributed by atoms with Crippen LogP contribution in [-0.2, 0) is 21.1 Å². The van der Waals surface area contributed by atoms with E-state index < -0.39 is 21.2 Å². The fraction of sp³-hybridized carbons (Fsp3) is 0.571. The average Bonchev–Trinajstić information content (AvgIpc) is 2.85. The number of ether oxygens (including phenoxy) is 1. The fourth-order valence-corrected chi connectivity index (χ4v) is 4.50. The van der Waals surface area contributed by atoms with E-state index in [9.17, 15) is 13.5 Å². The molecule has 2 rings (SSSR count). The van der Waals surface area contributed by atoms with Gasteiger partial charge in [-0.3, -0.25) is 0 Å². The molecule has 5 nitrogen and oxygen atoms in total. The van der Waals surface area contributed by atoms with Crippen molar-refractivity contribution < 1.29 is 18.3 Å². The van der Waals surface area contributed by atoms with E-state index in [0.29, 0.717) is 25.1 Å². The number of sulfone groups is 1. The van der Waals surface area contributed by atoms with Gasteiger partial charge < -0.3 is 15.6 Å². The molecule has 1 fully saturated rings. The van der Waals surface area contributed by atoms with Gasteiger partial charge in [0.15, 0.2) is 9.84 Å². The molecule has 1 aliphatic heterocycles. The maximum absolute atomic E-state index is 12.3. The first-order chi connectivity index (χ1) is 9.44. The lowest BCUT2D eigenvalue weighted by Gasteiger charge is -2.18. The zero-order valence-electron chi connectivity index (χ0n) is 11.5. The highest BCUT2D eigenvalue weighted by Crippen LogP contribution is 2.25. The van der Waals surface area contributed by atoms with E-state index in [4.69, 9.17) is 10.5 Å². The van der Waals surface area contributed by atoms with Crippen LogP contribution in [0, 0.1) is 0 Å². The molecule has 0 amide bonds. The number of rotatable bonds is 5. The third kappa shape index (κ3) is 3.38. The summed E-state index contributed by atoms with van der Waals surface area (Å²) in [6, 6.07) is 7.03. The SMILES string of the molecule is CC1OCCC1S(=O)(=O)CC(O)c1ccc(CN)cc1. The van der Waals surface area contributed by atoms with Gasteiger partial charge >= 0.3 is 0 Å². The van der Waals surface area contributed by atoms with Crippen LogP contribution in [0.25, 0.3) is 0 Å². The van der Waals surface area contributed by atoms with Gasteiger partial charge in [0.05, 0.1) is 23.2 Å². The van der Waals surface area contributed by atoms with Crippen molar-refractivity contribution in [3.05, 3.63) is 35.4 Å². The minimum absolute atomic E-state index is 0.270. The maximum Gasteiger partial charge on any atom is 0.158 e. The van der Waals surface area contributed by atoms with Crippen molar-refractivity contribution in [3.63, 3.8) is 0 Å². The molecule has 0 bridgehead atoms. The van der Waals surface area contributed by atoms with E-state index in [2.05, 4.69) is 0 Å². The molecule has 3 N–H and O–H groups in total. The standard InChI is InChI=1S/C14H21NO4S/c1-10-14(6-7-19-10)20(17,18)9-13(16)12-4-2-11(8-15)3-5-12/h2-5,10,13-14,16H,6-9,15H2,1H3. The number of benzene rings is 1. The molecular weight excluding hydrogens is 278 g/mol. The first-order valence-corrected chi connectivity index (χ1v) is 8.45. The summed E-state index contributed by atoms with van der Waals surface area (Å²) < 4.78 is 29.9. The summed E-state index contributed by atoms with van der Waals surface area (Å²) in [7, 11) is -3.37. The Morgan fingerprint density at radius 3 is 2.55 bits per heavy atom.